The van der Waals surface area contributed by atoms with E-state index in [0.29, 0.717) is 31.6 Å². The van der Waals surface area contributed by atoms with Crippen LogP contribution in [0, 0.1) is 41.4 Å². The van der Waals surface area contributed by atoms with Gasteiger partial charge in [-0.3, -0.25) is 29.1 Å². The van der Waals surface area contributed by atoms with Gasteiger partial charge in [-0.25, -0.2) is 4.79 Å². The van der Waals surface area contributed by atoms with Crippen LogP contribution in [0.25, 0.3) is 0 Å². The molecule has 4 saturated heterocycles. The summed E-state index contributed by atoms with van der Waals surface area (Å²) in [5.41, 5.74) is -0.523. The summed E-state index contributed by atoms with van der Waals surface area (Å²) in [6.07, 6.45) is -11.4. The Labute approximate surface area is 525 Å². The summed E-state index contributed by atoms with van der Waals surface area (Å²) >= 11 is 0. The second-order valence-electron chi connectivity index (χ2n) is 25.6. The molecule has 22 atom stereocenters. The number of alkyl carbamates (subject to hydrolysis) is 1. The number of carbonyl (C=O) groups excluding carboxylic acids is 5. The van der Waals surface area contributed by atoms with Crippen LogP contribution in [-0.4, -0.2) is 201 Å². The Morgan fingerprint density at radius 2 is 1.52 bits per heavy atom. The number of aromatic nitrogens is 1. The van der Waals surface area contributed by atoms with Crippen molar-refractivity contribution in [3.8, 4) is 0 Å². The Hall–Kier alpha value is -5.25. The molecule has 0 saturated carbocycles. The summed E-state index contributed by atoms with van der Waals surface area (Å²) in [7, 11) is 4.27. The average Bonchev–Trinajstić information content (AvgIpc) is 2.48. The van der Waals surface area contributed by atoms with Crippen molar-refractivity contribution in [3.63, 3.8) is 0 Å². The van der Waals surface area contributed by atoms with Crippen molar-refractivity contribution in [2.45, 2.75) is 220 Å². The number of hydrogen-bond donors (Lipinski definition) is 4. The summed E-state index contributed by atoms with van der Waals surface area (Å²) in [4.78, 5) is 84.5. The zero-order valence-electron chi connectivity index (χ0n) is 54.9. The van der Waals surface area contributed by atoms with Gasteiger partial charge in [-0.1, -0.05) is 84.0 Å². The number of oxime groups is 1. The maximum atomic E-state index is 16.0. The van der Waals surface area contributed by atoms with Crippen molar-refractivity contribution in [2.75, 3.05) is 47.6 Å². The number of rotatable bonds is 21. The van der Waals surface area contributed by atoms with Crippen LogP contribution in [0.2, 0.25) is 0 Å². The quantitative estimate of drug-likeness (QED) is 0.0597. The molecule has 1 unspecified atom stereocenters. The van der Waals surface area contributed by atoms with Crippen LogP contribution in [-0.2, 0) is 77.9 Å². The zero-order chi connectivity index (χ0) is 65.4. The zero-order valence-corrected chi connectivity index (χ0v) is 54.9. The van der Waals surface area contributed by atoms with E-state index in [-0.39, 0.29) is 56.0 Å². The molecule has 2 aromatic rings. The van der Waals surface area contributed by atoms with Crippen LogP contribution in [0.15, 0.2) is 60.0 Å². The predicted molar refractivity (Wildman–Crippen MR) is 326 cm³/mol. The lowest BCUT2D eigenvalue weighted by Crippen LogP contribution is -2.59. The lowest BCUT2D eigenvalue weighted by molar-refractivity contribution is -0.305. The first-order chi connectivity index (χ1) is 42.2. The highest BCUT2D eigenvalue weighted by Gasteiger charge is 2.53. The molecule has 1 aromatic heterocycles. The lowest BCUT2D eigenvalue weighted by atomic mass is 9.74. The Balaban J connectivity index is 1.47. The predicted octanol–water partition coefficient (Wildman–Crippen LogP) is 6.40. The molecule has 4 aliphatic heterocycles. The van der Waals surface area contributed by atoms with Crippen LogP contribution in [0.4, 0.5) is 4.79 Å². The van der Waals surface area contributed by atoms with Gasteiger partial charge in [0.25, 0.3) is 5.91 Å². The van der Waals surface area contributed by atoms with Gasteiger partial charge in [0.1, 0.15) is 43.7 Å². The fourth-order valence-electron chi connectivity index (χ4n) is 12.9. The van der Waals surface area contributed by atoms with E-state index in [1.165, 1.54) is 34.4 Å². The molecule has 0 aliphatic carbocycles. The van der Waals surface area contributed by atoms with Gasteiger partial charge in [0.15, 0.2) is 30.3 Å². The number of methoxy groups -OCH3 is 2. The number of nitrogens with one attached hydrogen (secondary N) is 2. The van der Waals surface area contributed by atoms with E-state index in [1.807, 2.05) is 71.9 Å². The molecule has 0 bridgehead atoms. The first kappa shape index (κ1) is 72.8. The van der Waals surface area contributed by atoms with Crippen LogP contribution in [0.1, 0.15) is 132 Å². The van der Waals surface area contributed by atoms with Crippen molar-refractivity contribution < 1.29 is 91.1 Å². The van der Waals surface area contributed by atoms with Crippen molar-refractivity contribution in [3.05, 3.63) is 66.0 Å². The molecule has 0 spiro atoms. The standard InChI is InChI=1S/C65H101N5O19/c1-35(2)27-49(71)85-55-42(9)54(37(4)34-81-63-58(79-15)57(78-14)51(72)45(12)84-63)87-61(76)44(11)56(86-50-28-38(5)70(33-40(7)82-50)26-25-67-60(75)47-23-20-24-66-32-47)41(8)53(88-62-52(73)48(69-80-16)29-39(6)83-62)36(3)30-65(13,59(74)43(55)10)89-64(77)68-31-46-21-18-17-19-22-46/h17-24,32,35-45,50-58,62-63,72-73H,25-31,33-34H2,1-16H3,(H,67,75)(H,68,77)/t36-,37-,38?,39+,40-,41+,42-,43+,44+,45+,50-,51+,52+,53-,54+,55+,56-,57+,58+,62-,63+,65-/m0/s1. The number of Topliss-reactive ketones (excluding diaryl/α,β-unsaturated/α-hetero) is 1. The van der Waals surface area contributed by atoms with E-state index in [2.05, 4.69) is 25.7 Å². The monoisotopic (exact) mass is 1260 g/mol. The molecule has 500 valence electrons. The van der Waals surface area contributed by atoms with E-state index >= 15 is 9.59 Å². The van der Waals surface area contributed by atoms with Crippen molar-refractivity contribution in [2.24, 2.45) is 46.6 Å². The van der Waals surface area contributed by atoms with E-state index in [9.17, 15) is 24.6 Å². The molecule has 6 rings (SSSR count). The van der Waals surface area contributed by atoms with E-state index < -0.39 is 151 Å². The fraction of sp³-hybridized carbons (Fsp3) is 0.738. The number of ether oxygens (including phenoxy) is 11. The van der Waals surface area contributed by atoms with Gasteiger partial charge in [-0.15, -0.1) is 0 Å². The van der Waals surface area contributed by atoms with E-state index in [0.717, 1.165) is 5.56 Å². The number of ketones is 1. The van der Waals surface area contributed by atoms with Gasteiger partial charge in [-0.2, -0.15) is 0 Å². The van der Waals surface area contributed by atoms with Crippen molar-refractivity contribution in [1.82, 2.24) is 20.5 Å². The van der Waals surface area contributed by atoms with E-state index in [1.54, 1.807) is 59.9 Å². The number of cyclic esters (lactones) is 1. The Kier molecular flexibility index (Phi) is 27.7. The molecule has 2 amide bonds. The van der Waals surface area contributed by atoms with Crippen LogP contribution >= 0.6 is 0 Å². The molecule has 89 heavy (non-hydrogen) atoms. The highest BCUT2D eigenvalue weighted by atomic mass is 16.7. The number of nitrogens with zero attached hydrogens (tertiary/aromatic N) is 3. The number of aliphatic hydroxyl groups excluding tert-OH is 2. The minimum absolute atomic E-state index is 0.0134. The molecule has 4 fully saturated rings. The van der Waals surface area contributed by atoms with Crippen molar-refractivity contribution >= 4 is 35.4 Å². The van der Waals surface area contributed by atoms with Crippen LogP contribution < -0.4 is 10.6 Å². The second-order valence-corrected chi connectivity index (χ2v) is 25.6. The smallest absolute Gasteiger partial charge is 0.408 e. The topological polar surface area (TPSA) is 289 Å². The molecular formula is C65H101N5O19. The number of benzene rings is 1. The molecule has 4 N–H and O–H groups in total. The van der Waals surface area contributed by atoms with E-state index in [4.69, 9.17) is 56.9 Å². The third kappa shape index (κ3) is 19.6. The van der Waals surface area contributed by atoms with Gasteiger partial charge >= 0.3 is 18.0 Å². The molecule has 24 heteroatoms. The maximum Gasteiger partial charge on any atom is 0.408 e. The Bertz CT molecular complexity index is 2590. The second kappa shape index (κ2) is 33.9. The molecule has 5 heterocycles. The van der Waals surface area contributed by atoms with Gasteiger partial charge in [0.05, 0.1) is 60.2 Å². The number of aliphatic hydroxyl groups is 2. The van der Waals surface area contributed by atoms with Gasteiger partial charge in [0.2, 0.25) is 0 Å². The number of pyridine rings is 1. The van der Waals surface area contributed by atoms with Gasteiger partial charge in [-0.05, 0) is 77.5 Å². The molecule has 24 nitrogen and oxygen atoms in total. The summed E-state index contributed by atoms with van der Waals surface area (Å²) in [5.74, 6) is -8.05. The molecule has 0 radical (unpaired) electrons. The minimum Gasteiger partial charge on any atom is -0.461 e. The minimum atomic E-state index is -2.00. The highest BCUT2D eigenvalue weighted by Crippen LogP contribution is 2.41. The number of amides is 2. The number of esters is 2. The summed E-state index contributed by atoms with van der Waals surface area (Å²) in [6, 6.07) is 12.4. The molecule has 1 aromatic carbocycles. The first-order valence-corrected chi connectivity index (χ1v) is 31.5. The lowest BCUT2D eigenvalue weighted by Gasteiger charge is -2.45. The number of hydrogen-bond acceptors (Lipinski definition) is 22. The third-order valence-electron chi connectivity index (χ3n) is 17.6. The third-order valence-corrected chi connectivity index (χ3v) is 17.6. The summed E-state index contributed by atoms with van der Waals surface area (Å²) in [5, 5.41) is 32.9. The Morgan fingerprint density at radius 3 is 2.17 bits per heavy atom. The van der Waals surface area contributed by atoms with Crippen molar-refractivity contribution in [1.29, 1.82) is 0 Å². The van der Waals surface area contributed by atoms with Crippen LogP contribution in [0.5, 0.6) is 0 Å². The van der Waals surface area contributed by atoms with Gasteiger partial charge < -0.3 is 77.8 Å². The summed E-state index contributed by atoms with van der Waals surface area (Å²) in [6.45, 7) is 24.3. The number of carbonyl (C=O) groups is 5. The first-order valence-electron chi connectivity index (χ1n) is 31.5. The largest absolute Gasteiger partial charge is 0.461 e. The van der Waals surface area contributed by atoms with Crippen LogP contribution in [0.3, 0.4) is 0 Å². The fourth-order valence-corrected chi connectivity index (χ4v) is 12.9. The highest BCUT2D eigenvalue weighted by molar-refractivity contribution is 5.94. The average molecular weight is 1260 g/mol. The SMILES string of the molecule is CON=C1C[C@@H](C)O[C@@H](O[C@@H]2[C@@H](C)[C@H](O[C@H]3CC(C)N(CCNC(=O)c4cccnc4)C[C@H](C)O3)[C@@H](C)C(=O)O[C@H]([C@@H](C)CO[C@@H]3O[C@H](C)[C@@H](O)[C@@H](OC)[C@H]3OC)[C@H](C)[C@@H](OC(=O)CC(C)C)[C@@H](C)C(=O)[C@@](C)(OC(=O)NCc3ccccc3)C[C@@H]2C)[C@@H]1O. The van der Waals surface area contributed by atoms with Gasteiger partial charge in [0, 0.05) is 95.9 Å². The maximum absolute atomic E-state index is 16.0. The Morgan fingerprint density at radius 1 is 0.809 bits per heavy atom. The molecule has 4 aliphatic rings. The normalized spacial score (nSPS) is 36.2. The summed E-state index contributed by atoms with van der Waals surface area (Å²) < 4.78 is 71.0. The molecular weight excluding hydrogens is 1150 g/mol.